The molecule has 0 bridgehead atoms. The van der Waals surface area contributed by atoms with Crippen LogP contribution in [0.2, 0.25) is 5.02 Å². The first-order valence-electron chi connectivity index (χ1n) is 6.67. The van der Waals surface area contributed by atoms with Crippen molar-refractivity contribution in [3.8, 4) is 0 Å². The maximum absolute atomic E-state index is 9.87. The molecule has 0 aliphatic carbocycles. The molecule has 20 heavy (non-hydrogen) atoms. The van der Waals surface area contributed by atoms with E-state index in [9.17, 15) is 5.11 Å². The molecular weight excluding hydrogens is 270 g/mol. The molecule has 0 saturated heterocycles. The SMILES string of the molecule is Cc1ccc(C(C)(CO)Nc2cccc(Cl)c2)c(C)c1. The van der Waals surface area contributed by atoms with Crippen molar-refractivity contribution in [2.45, 2.75) is 26.3 Å². The monoisotopic (exact) mass is 289 g/mol. The highest BCUT2D eigenvalue weighted by atomic mass is 35.5. The summed E-state index contributed by atoms with van der Waals surface area (Å²) in [5.74, 6) is 0. The second-order valence-corrected chi connectivity index (χ2v) is 5.88. The maximum Gasteiger partial charge on any atom is 0.0830 e. The van der Waals surface area contributed by atoms with E-state index in [0.717, 1.165) is 16.8 Å². The van der Waals surface area contributed by atoms with Crippen LogP contribution in [0.15, 0.2) is 42.5 Å². The average Bonchev–Trinajstić information content (AvgIpc) is 2.38. The third-order valence-electron chi connectivity index (χ3n) is 3.54. The molecule has 0 aliphatic heterocycles. The Balaban J connectivity index is 2.38. The summed E-state index contributed by atoms with van der Waals surface area (Å²) in [7, 11) is 0. The van der Waals surface area contributed by atoms with Gasteiger partial charge in [0.1, 0.15) is 0 Å². The minimum atomic E-state index is -0.539. The molecule has 1 atom stereocenters. The summed E-state index contributed by atoms with van der Waals surface area (Å²) in [4.78, 5) is 0. The van der Waals surface area contributed by atoms with E-state index in [1.165, 1.54) is 5.56 Å². The predicted octanol–water partition coefficient (Wildman–Crippen LogP) is 4.28. The number of hydrogen-bond acceptors (Lipinski definition) is 2. The molecular formula is C17H20ClNO. The Morgan fingerprint density at radius 1 is 1.15 bits per heavy atom. The number of benzene rings is 2. The summed E-state index contributed by atoms with van der Waals surface area (Å²) < 4.78 is 0. The Hall–Kier alpha value is -1.51. The number of aliphatic hydroxyl groups is 1. The van der Waals surface area contributed by atoms with E-state index in [2.05, 4.69) is 37.4 Å². The Morgan fingerprint density at radius 3 is 2.50 bits per heavy atom. The highest BCUT2D eigenvalue weighted by molar-refractivity contribution is 6.30. The van der Waals surface area contributed by atoms with Crippen LogP contribution in [-0.4, -0.2) is 11.7 Å². The summed E-state index contributed by atoms with van der Waals surface area (Å²) in [5, 5.41) is 13.9. The zero-order chi connectivity index (χ0) is 14.8. The Labute approximate surface area is 125 Å². The fourth-order valence-corrected chi connectivity index (χ4v) is 2.70. The lowest BCUT2D eigenvalue weighted by atomic mass is 9.88. The van der Waals surface area contributed by atoms with Gasteiger partial charge in [-0.3, -0.25) is 0 Å². The van der Waals surface area contributed by atoms with E-state index < -0.39 is 5.54 Å². The van der Waals surface area contributed by atoms with Gasteiger partial charge in [-0.05, 0) is 50.1 Å². The molecule has 2 N–H and O–H groups in total. The van der Waals surface area contributed by atoms with Gasteiger partial charge in [-0.2, -0.15) is 0 Å². The second kappa shape index (κ2) is 5.86. The first-order valence-corrected chi connectivity index (χ1v) is 7.05. The van der Waals surface area contributed by atoms with Crippen molar-refractivity contribution >= 4 is 17.3 Å². The van der Waals surface area contributed by atoms with Crippen LogP contribution >= 0.6 is 11.6 Å². The molecule has 0 spiro atoms. The summed E-state index contributed by atoms with van der Waals surface area (Å²) in [6.45, 7) is 6.13. The van der Waals surface area contributed by atoms with Gasteiger partial charge in [0.05, 0.1) is 12.1 Å². The topological polar surface area (TPSA) is 32.3 Å². The number of aliphatic hydroxyl groups excluding tert-OH is 1. The molecule has 0 heterocycles. The Kier molecular flexibility index (Phi) is 4.36. The molecule has 2 aromatic carbocycles. The fourth-order valence-electron chi connectivity index (χ4n) is 2.51. The molecule has 2 aromatic rings. The van der Waals surface area contributed by atoms with E-state index in [-0.39, 0.29) is 6.61 Å². The van der Waals surface area contributed by atoms with E-state index in [0.29, 0.717) is 5.02 Å². The van der Waals surface area contributed by atoms with Crippen molar-refractivity contribution in [2.75, 3.05) is 11.9 Å². The van der Waals surface area contributed by atoms with Crippen molar-refractivity contribution in [3.63, 3.8) is 0 Å². The van der Waals surface area contributed by atoms with E-state index in [4.69, 9.17) is 11.6 Å². The van der Waals surface area contributed by atoms with Gasteiger partial charge in [0.2, 0.25) is 0 Å². The van der Waals surface area contributed by atoms with Crippen molar-refractivity contribution in [1.82, 2.24) is 0 Å². The second-order valence-electron chi connectivity index (χ2n) is 5.44. The van der Waals surface area contributed by atoms with Crippen LogP contribution in [0.5, 0.6) is 0 Å². The molecule has 3 heteroatoms. The van der Waals surface area contributed by atoms with Crippen molar-refractivity contribution in [1.29, 1.82) is 0 Å². The molecule has 0 aliphatic rings. The first-order chi connectivity index (χ1) is 9.44. The number of aryl methyl sites for hydroxylation is 2. The number of anilines is 1. The molecule has 2 nitrogen and oxygen atoms in total. The van der Waals surface area contributed by atoms with Crippen LogP contribution in [-0.2, 0) is 5.54 Å². The quantitative estimate of drug-likeness (QED) is 0.881. The normalized spacial score (nSPS) is 13.8. The summed E-state index contributed by atoms with van der Waals surface area (Å²) >= 11 is 6.01. The maximum atomic E-state index is 9.87. The highest BCUT2D eigenvalue weighted by Crippen LogP contribution is 2.29. The first kappa shape index (κ1) is 14.9. The number of nitrogens with one attached hydrogen (secondary N) is 1. The van der Waals surface area contributed by atoms with Gasteiger partial charge in [0.25, 0.3) is 0 Å². The standard InChI is InChI=1S/C17H20ClNO/c1-12-7-8-16(13(2)9-12)17(3,11-20)19-15-6-4-5-14(18)10-15/h4-10,19-20H,11H2,1-3H3. The minimum absolute atomic E-state index is 0.00339. The van der Waals surface area contributed by atoms with Crippen LogP contribution in [0.4, 0.5) is 5.69 Å². The van der Waals surface area contributed by atoms with Crippen LogP contribution < -0.4 is 5.32 Å². The van der Waals surface area contributed by atoms with Crippen LogP contribution in [0.3, 0.4) is 0 Å². The summed E-state index contributed by atoms with van der Waals surface area (Å²) in [6.07, 6.45) is 0. The van der Waals surface area contributed by atoms with Gasteiger partial charge in [0, 0.05) is 10.7 Å². The van der Waals surface area contributed by atoms with Gasteiger partial charge in [0.15, 0.2) is 0 Å². The molecule has 0 saturated carbocycles. The van der Waals surface area contributed by atoms with Crippen LogP contribution in [0.25, 0.3) is 0 Å². The lowest BCUT2D eigenvalue weighted by molar-refractivity contribution is 0.223. The highest BCUT2D eigenvalue weighted by Gasteiger charge is 2.27. The molecule has 0 radical (unpaired) electrons. The van der Waals surface area contributed by atoms with Crippen molar-refractivity contribution in [3.05, 3.63) is 64.2 Å². The molecule has 0 amide bonds. The smallest absolute Gasteiger partial charge is 0.0830 e. The summed E-state index contributed by atoms with van der Waals surface area (Å²) in [6, 6.07) is 13.8. The fraction of sp³-hybridized carbons (Fsp3) is 0.294. The molecule has 2 rings (SSSR count). The van der Waals surface area contributed by atoms with Gasteiger partial charge in [-0.25, -0.2) is 0 Å². The van der Waals surface area contributed by atoms with Crippen molar-refractivity contribution < 1.29 is 5.11 Å². The third kappa shape index (κ3) is 3.14. The number of rotatable bonds is 4. The molecule has 106 valence electrons. The van der Waals surface area contributed by atoms with Crippen LogP contribution in [0, 0.1) is 13.8 Å². The van der Waals surface area contributed by atoms with E-state index in [1.54, 1.807) is 0 Å². The van der Waals surface area contributed by atoms with Gasteiger partial charge >= 0.3 is 0 Å². The van der Waals surface area contributed by atoms with Crippen LogP contribution in [0.1, 0.15) is 23.6 Å². The van der Waals surface area contributed by atoms with Crippen molar-refractivity contribution in [2.24, 2.45) is 0 Å². The molecule has 0 aromatic heterocycles. The summed E-state index contributed by atoms with van der Waals surface area (Å²) in [5.41, 5.74) is 3.83. The Bertz CT molecular complexity index is 612. The third-order valence-corrected chi connectivity index (χ3v) is 3.77. The number of hydrogen-bond donors (Lipinski definition) is 2. The zero-order valence-corrected chi connectivity index (χ0v) is 12.8. The predicted molar refractivity (Wildman–Crippen MR) is 85.4 cm³/mol. The lowest BCUT2D eigenvalue weighted by Crippen LogP contribution is -2.36. The van der Waals surface area contributed by atoms with E-state index in [1.807, 2.05) is 31.2 Å². The average molecular weight is 290 g/mol. The van der Waals surface area contributed by atoms with Gasteiger partial charge < -0.3 is 10.4 Å². The molecule has 1 unspecified atom stereocenters. The number of halogens is 1. The minimum Gasteiger partial charge on any atom is -0.394 e. The molecule has 0 fully saturated rings. The Morgan fingerprint density at radius 2 is 1.90 bits per heavy atom. The largest absolute Gasteiger partial charge is 0.394 e. The van der Waals surface area contributed by atoms with Gasteiger partial charge in [-0.15, -0.1) is 0 Å². The van der Waals surface area contributed by atoms with E-state index >= 15 is 0 Å². The zero-order valence-electron chi connectivity index (χ0n) is 12.1. The van der Waals surface area contributed by atoms with Gasteiger partial charge in [-0.1, -0.05) is 41.4 Å². The lowest BCUT2D eigenvalue weighted by Gasteiger charge is -2.32.